The molecule has 28 heavy (non-hydrogen) atoms. The van der Waals surface area contributed by atoms with Crippen molar-refractivity contribution < 1.29 is 23.8 Å². The number of hydrogen-bond donors (Lipinski definition) is 1. The molecular weight excluding hydrogens is 362 g/mol. The minimum Gasteiger partial charge on any atom is -0.487 e. The van der Waals surface area contributed by atoms with E-state index >= 15 is 0 Å². The summed E-state index contributed by atoms with van der Waals surface area (Å²) in [6.45, 7) is 8.08. The molecule has 1 aliphatic rings. The maximum absolute atomic E-state index is 12.0. The van der Waals surface area contributed by atoms with Crippen LogP contribution in [0.15, 0.2) is 42.2 Å². The van der Waals surface area contributed by atoms with Crippen molar-refractivity contribution in [3.63, 3.8) is 0 Å². The van der Waals surface area contributed by atoms with Crippen molar-refractivity contribution >= 4 is 17.6 Å². The first kappa shape index (κ1) is 19.5. The van der Waals surface area contributed by atoms with Gasteiger partial charge in [0.1, 0.15) is 12.4 Å². The number of nitrogens with zero attached hydrogens (tertiary/aromatic N) is 2. The van der Waals surface area contributed by atoms with Crippen molar-refractivity contribution in [2.75, 3.05) is 5.32 Å². The van der Waals surface area contributed by atoms with Crippen LogP contribution < -0.4 is 10.1 Å². The monoisotopic (exact) mass is 385 g/mol. The van der Waals surface area contributed by atoms with E-state index < -0.39 is 17.7 Å². The largest absolute Gasteiger partial charge is 0.487 e. The Morgan fingerprint density at radius 1 is 1.21 bits per heavy atom. The third kappa shape index (κ3) is 4.33. The van der Waals surface area contributed by atoms with Crippen LogP contribution in [0.4, 0.5) is 5.69 Å². The fraction of sp³-hybridized carbons (Fsp3) is 0.350. The van der Waals surface area contributed by atoms with E-state index in [-0.39, 0.29) is 5.57 Å². The van der Waals surface area contributed by atoms with Gasteiger partial charge in [-0.05, 0) is 26.0 Å². The van der Waals surface area contributed by atoms with Gasteiger partial charge in [0, 0.05) is 38.4 Å². The number of carbonyl (C=O) groups is 2. The average molecular weight is 385 g/mol. The van der Waals surface area contributed by atoms with Crippen LogP contribution in [0.25, 0.3) is 0 Å². The van der Waals surface area contributed by atoms with Crippen molar-refractivity contribution in [2.45, 2.75) is 46.6 Å². The zero-order valence-electron chi connectivity index (χ0n) is 16.3. The fourth-order valence-electron chi connectivity index (χ4n) is 2.66. The van der Waals surface area contributed by atoms with Crippen LogP contribution in [0.1, 0.15) is 32.0 Å². The molecule has 1 aromatic heterocycles. The summed E-state index contributed by atoms with van der Waals surface area (Å²) in [5.74, 6) is -2.18. The summed E-state index contributed by atoms with van der Waals surface area (Å²) in [6.07, 6.45) is 3.21. The molecule has 1 saturated heterocycles. The molecule has 0 saturated carbocycles. The Morgan fingerprint density at radius 2 is 1.89 bits per heavy atom. The zero-order chi connectivity index (χ0) is 20.3. The van der Waals surface area contributed by atoms with Crippen molar-refractivity contribution in [3.05, 3.63) is 53.5 Å². The lowest BCUT2D eigenvalue weighted by molar-refractivity contribution is -0.222. The van der Waals surface area contributed by atoms with Crippen molar-refractivity contribution in [1.29, 1.82) is 0 Å². The van der Waals surface area contributed by atoms with E-state index in [9.17, 15) is 9.59 Å². The Labute approximate surface area is 163 Å². The molecule has 8 heteroatoms. The van der Waals surface area contributed by atoms with Gasteiger partial charge >= 0.3 is 11.9 Å². The molecule has 0 spiro atoms. The van der Waals surface area contributed by atoms with Gasteiger partial charge in [-0.15, -0.1) is 0 Å². The first-order valence-electron chi connectivity index (χ1n) is 8.97. The van der Waals surface area contributed by atoms with Gasteiger partial charge in [-0.2, -0.15) is 5.10 Å². The first-order valence-corrected chi connectivity index (χ1v) is 8.97. The number of carbonyl (C=O) groups excluding carboxylic acids is 2. The van der Waals surface area contributed by atoms with Crippen molar-refractivity contribution in [2.24, 2.45) is 0 Å². The van der Waals surface area contributed by atoms with E-state index in [0.717, 1.165) is 17.8 Å². The highest BCUT2D eigenvalue weighted by Crippen LogP contribution is 2.27. The van der Waals surface area contributed by atoms with Gasteiger partial charge in [-0.25, -0.2) is 9.59 Å². The molecule has 0 atom stereocenters. The number of aromatic nitrogens is 2. The second-order valence-electron chi connectivity index (χ2n) is 6.76. The standard InChI is InChI=1S/C20H23N3O5/c1-5-23-11-14(13(2)22-23)12-26-17-9-7-6-8-16(17)21-10-15-18(24)27-20(3,4)28-19(15)25/h6-11,21H,5,12H2,1-4H3. The van der Waals surface area contributed by atoms with Gasteiger partial charge < -0.3 is 19.5 Å². The smallest absolute Gasteiger partial charge is 0.350 e. The molecule has 3 rings (SSSR count). The van der Waals surface area contributed by atoms with E-state index in [1.54, 1.807) is 12.1 Å². The minimum atomic E-state index is -1.27. The number of rotatable bonds is 6. The number of esters is 2. The van der Waals surface area contributed by atoms with Gasteiger partial charge in [0.05, 0.1) is 11.4 Å². The van der Waals surface area contributed by atoms with Crippen LogP contribution >= 0.6 is 0 Å². The molecule has 8 nitrogen and oxygen atoms in total. The molecule has 0 bridgehead atoms. The predicted molar refractivity (Wildman–Crippen MR) is 101 cm³/mol. The number of cyclic esters (lactones) is 2. The molecule has 1 fully saturated rings. The zero-order valence-corrected chi connectivity index (χ0v) is 16.3. The molecule has 2 aromatic rings. The molecule has 0 unspecified atom stereocenters. The quantitative estimate of drug-likeness (QED) is 0.464. The van der Waals surface area contributed by atoms with Gasteiger partial charge in [-0.1, -0.05) is 12.1 Å². The lowest BCUT2D eigenvalue weighted by Crippen LogP contribution is -2.42. The molecule has 148 valence electrons. The Bertz CT molecular complexity index is 908. The number of ether oxygens (including phenoxy) is 3. The number of para-hydroxylation sites is 2. The number of nitrogens with one attached hydrogen (secondary N) is 1. The summed E-state index contributed by atoms with van der Waals surface area (Å²) in [6, 6.07) is 7.22. The lowest BCUT2D eigenvalue weighted by atomic mass is 10.2. The molecule has 1 aromatic carbocycles. The lowest BCUT2D eigenvalue weighted by Gasteiger charge is -2.29. The Morgan fingerprint density at radius 3 is 2.54 bits per heavy atom. The minimum absolute atomic E-state index is 0.214. The highest BCUT2D eigenvalue weighted by atomic mass is 16.7. The Balaban J connectivity index is 1.73. The van der Waals surface area contributed by atoms with E-state index in [1.165, 1.54) is 20.0 Å². The van der Waals surface area contributed by atoms with E-state index in [2.05, 4.69) is 10.4 Å². The Hall–Kier alpha value is -3.29. The van der Waals surface area contributed by atoms with Gasteiger partial charge in [0.2, 0.25) is 0 Å². The van der Waals surface area contributed by atoms with Crippen LogP contribution in [0, 0.1) is 6.92 Å². The van der Waals surface area contributed by atoms with Crippen molar-refractivity contribution in [3.8, 4) is 5.75 Å². The molecule has 0 aliphatic carbocycles. The molecule has 2 heterocycles. The van der Waals surface area contributed by atoms with E-state index in [4.69, 9.17) is 14.2 Å². The van der Waals surface area contributed by atoms with Crippen LogP contribution in [0.5, 0.6) is 5.75 Å². The first-order chi connectivity index (χ1) is 13.3. The highest BCUT2D eigenvalue weighted by molar-refractivity contribution is 6.15. The fourth-order valence-corrected chi connectivity index (χ4v) is 2.66. The summed E-state index contributed by atoms with van der Waals surface area (Å²) in [5.41, 5.74) is 2.27. The number of anilines is 1. The molecule has 0 amide bonds. The summed E-state index contributed by atoms with van der Waals surface area (Å²) in [4.78, 5) is 24.1. The molecule has 1 N–H and O–H groups in total. The molecule has 0 radical (unpaired) electrons. The maximum Gasteiger partial charge on any atom is 0.350 e. The number of aryl methyl sites for hydroxylation is 2. The van der Waals surface area contributed by atoms with Crippen LogP contribution in [-0.2, 0) is 32.2 Å². The summed E-state index contributed by atoms with van der Waals surface area (Å²) < 4.78 is 17.9. The normalized spacial score (nSPS) is 15.6. The van der Waals surface area contributed by atoms with Crippen LogP contribution in [0.3, 0.4) is 0 Å². The third-order valence-corrected chi connectivity index (χ3v) is 4.13. The topological polar surface area (TPSA) is 91.7 Å². The average Bonchev–Trinajstić information content (AvgIpc) is 2.99. The molecule has 1 aliphatic heterocycles. The number of hydrogen-bond acceptors (Lipinski definition) is 7. The second kappa shape index (κ2) is 7.75. The van der Waals surface area contributed by atoms with Gasteiger partial charge in [0.25, 0.3) is 5.79 Å². The van der Waals surface area contributed by atoms with E-state index in [0.29, 0.717) is 18.0 Å². The summed E-state index contributed by atoms with van der Waals surface area (Å²) in [7, 11) is 0. The second-order valence-corrected chi connectivity index (χ2v) is 6.76. The van der Waals surface area contributed by atoms with Crippen molar-refractivity contribution in [1.82, 2.24) is 9.78 Å². The van der Waals surface area contributed by atoms with Gasteiger partial charge in [-0.3, -0.25) is 4.68 Å². The van der Waals surface area contributed by atoms with Crippen LogP contribution in [0.2, 0.25) is 0 Å². The summed E-state index contributed by atoms with van der Waals surface area (Å²) >= 11 is 0. The predicted octanol–water partition coefficient (Wildman–Crippen LogP) is 2.92. The Kier molecular flexibility index (Phi) is 5.39. The van der Waals surface area contributed by atoms with Crippen LogP contribution in [-0.4, -0.2) is 27.5 Å². The third-order valence-electron chi connectivity index (χ3n) is 4.13. The van der Waals surface area contributed by atoms with Gasteiger partial charge in [0.15, 0.2) is 5.57 Å². The summed E-state index contributed by atoms with van der Waals surface area (Å²) in [5, 5.41) is 7.33. The highest BCUT2D eigenvalue weighted by Gasteiger charge is 2.38. The molecular formula is C20H23N3O5. The number of benzene rings is 1. The maximum atomic E-state index is 12.0. The van der Waals surface area contributed by atoms with E-state index in [1.807, 2.05) is 36.9 Å². The SMILES string of the molecule is CCn1cc(COc2ccccc2NC=C2C(=O)OC(C)(C)OC2=O)c(C)n1.